The number of amides is 2. The fourth-order valence-corrected chi connectivity index (χ4v) is 8.19. The van der Waals surface area contributed by atoms with Crippen LogP contribution in [0, 0.1) is 17.4 Å². The number of nitrogens with one attached hydrogen (secondary N) is 3. The monoisotopic (exact) mass is 1120 g/mol. The maximum absolute atomic E-state index is 12.8. The van der Waals surface area contributed by atoms with Crippen molar-refractivity contribution in [1.82, 2.24) is 39.0 Å². The molecule has 0 radical (unpaired) electrons. The van der Waals surface area contributed by atoms with Gasteiger partial charge in [0, 0.05) is 15.2 Å². The first-order chi connectivity index (χ1) is 30.3. The van der Waals surface area contributed by atoms with Crippen molar-refractivity contribution in [2.75, 3.05) is 30.0 Å². The highest BCUT2D eigenvalue weighted by atomic mass is 127. The first-order valence-corrected chi connectivity index (χ1v) is 22.8. The Kier molecular flexibility index (Phi) is 17.3. The van der Waals surface area contributed by atoms with Crippen molar-refractivity contribution in [3.05, 3.63) is 107 Å². The summed E-state index contributed by atoms with van der Waals surface area (Å²) in [4.78, 5) is 60.6. The molecule has 0 fully saturated rings. The van der Waals surface area contributed by atoms with Crippen molar-refractivity contribution in [2.24, 2.45) is 0 Å². The normalized spacial score (nSPS) is 11.1. The number of hydrogen-bond acceptors (Lipinski definition) is 15. The number of carbonyl (C=O) groups excluding carboxylic acids is 1. The largest absolute Gasteiger partial charge is 0.480 e. The first kappa shape index (κ1) is 51.6. The third kappa shape index (κ3) is 14.0. The lowest BCUT2D eigenvalue weighted by Gasteiger charge is -2.10. The molecule has 0 atom stereocenters. The number of carboxylic acids is 2. The first-order valence-electron chi connectivity index (χ1n) is 17.3. The van der Waals surface area contributed by atoms with Crippen LogP contribution in [0.2, 0.25) is 15.1 Å². The number of alkyl halides is 2. The summed E-state index contributed by atoms with van der Waals surface area (Å²) in [5.41, 5.74) is -1.17. The molecule has 30 heteroatoms. The molecule has 346 valence electrons. The van der Waals surface area contributed by atoms with E-state index in [2.05, 4.69) is 35.1 Å². The predicted octanol–water partition coefficient (Wildman–Crippen LogP) is 5.77. The zero-order chi connectivity index (χ0) is 48.6. The fraction of sp³-hybridized carbons (Fsp3) is 0.171. The van der Waals surface area contributed by atoms with E-state index in [1.807, 2.05) is 22.6 Å². The van der Waals surface area contributed by atoms with Crippen LogP contribution in [-0.4, -0.2) is 99.3 Å². The van der Waals surface area contributed by atoms with Crippen LogP contribution in [0.4, 0.5) is 25.2 Å². The van der Waals surface area contributed by atoms with E-state index in [0.717, 1.165) is 29.8 Å². The molecule has 3 aromatic heterocycles. The van der Waals surface area contributed by atoms with Gasteiger partial charge in [0.2, 0.25) is 16.0 Å². The van der Waals surface area contributed by atoms with Gasteiger partial charge in [-0.15, -0.1) is 5.10 Å². The van der Waals surface area contributed by atoms with Gasteiger partial charge in [-0.1, -0.05) is 34.8 Å². The minimum atomic E-state index is -4.45. The number of sulfonamides is 2. The Labute approximate surface area is 394 Å². The van der Waals surface area contributed by atoms with Gasteiger partial charge in [0.25, 0.3) is 10.0 Å². The fourth-order valence-electron chi connectivity index (χ4n) is 5.01. The van der Waals surface area contributed by atoms with Gasteiger partial charge >= 0.3 is 36.2 Å². The molecule has 0 aliphatic heterocycles. The molecule has 0 saturated carbocycles. The highest BCUT2D eigenvalue weighted by Crippen LogP contribution is 2.32. The SMILES string of the molecule is COc1nc(C)nc(NC(=O)NS(=O)(=O)c2cc(I)ccc2C(=O)O)n1.Cc1nn(-c2cc(NS(C)(=O)=O)c(Cl)cc2Cl)c(=O)n1C(F)F.O=C(O)COc1ccc(Cl)c2cccnc12. The summed E-state index contributed by atoms with van der Waals surface area (Å²) in [6.07, 6.45) is 2.51. The van der Waals surface area contributed by atoms with Crippen LogP contribution < -0.4 is 29.9 Å². The summed E-state index contributed by atoms with van der Waals surface area (Å²) in [5.74, 6) is -2.28. The maximum Gasteiger partial charge on any atom is 0.355 e. The van der Waals surface area contributed by atoms with Crippen LogP contribution in [-0.2, 0) is 24.8 Å². The Morgan fingerprint density at radius 2 is 1.63 bits per heavy atom. The molecule has 3 heterocycles. The number of aliphatic carboxylic acids is 1. The van der Waals surface area contributed by atoms with Gasteiger partial charge in [-0.05, 0) is 91.0 Å². The molecule has 2 amide bonds. The number of pyridine rings is 1. The summed E-state index contributed by atoms with van der Waals surface area (Å²) in [5, 5.41) is 24.7. The Bertz CT molecular complexity index is 3090. The second kappa shape index (κ2) is 21.8. The van der Waals surface area contributed by atoms with Crippen molar-refractivity contribution in [3.8, 4) is 17.4 Å². The van der Waals surface area contributed by atoms with Gasteiger partial charge in [0.05, 0.1) is 45.4 Å². The molecule has 0 spiro atoms. The number of fused-ring (bicyclic) bond motifs is 1. The molecular formula is C35H30Cl3F2IN10O12S2. The number of ether oxygens (including phenoxy) is 2. The minimum Gasteiger partial charge on any atom is -0.480 e. The van der Waals surface area contributed by atoms with E-state index in [0.29, 0.717) is 24.5 Å². The number of urea groups is 1. The van der Waals surface area contributed by atoms with Gasteiger partial charge in [0.1, 0.15) is 27.8 Å². The molecule has 22 nitrogen and oxygen atoms in total. The lowest BCUT2D eigenvalue weighted by atomic mass is 10.2. The Morgan fingerprint density at radius 1 is 0.938 bits per heavy atom. The highest BCUT2D eigenvalue weighted by Gasteiger charge is 2.26. The number of methoxy groups -OCH3 is 1. The molecule has 5 N–H and O–H groups in total. The van der Waals surface area contributed by atoms with Crippen molar-refractivity contribution in [3.63, 3.8) is 0 Å². The average Bonchev–Trinajstić information content (AvgIpc) is 3.50. The van der Waals surface area contributed by atoms with E-state index < -0.39 is 67.3 Å². The number of anilines is 2. The molecule has 0 aliphatic carbocycles. The number of aromatic carboxylic acids is 1. The minimum absolute atomic E-state index is 0.0257. The summed E-state index contributed by atoms with van der Waals surface area (Å²) in [7, 11) is -6.79. The third-order valence-electron chi connectivity index (χ3n) is 7.59. The van der Waals surface area contributed by atoms with E-state index in [-0.39, 0.29) is 49.6 Å². The number of benzene rings is 3. The molecule has 3 aromatic carbocycles. The third-order valence-corrected chi connectivity index (χ3v) is 11.2. The molecule has 65 heavy (non-hydrogen) atoms. The molecule has 6 rings (SSSR count). The topological polar surface area (TPSA) is 306 Å². The van der Waals surface area contributed by atoms with Crippen LogP contribution in [0.15, 0.2) is 70.5 Å². The van der Waals surface area contributed by atoms with Gasteiger partial charge in [-0.25, -0.2) is 45.3 Å². The van der Waals surface area contributed by atoms with E-state index in [4.69, 9.17) is 54.5 Å². The zero-order valence-electron chi connectivity index (χ0n) is 33.2. The number of rotatable bonds is 12. The number of halogens is 6. The smallest absolute Gasteiger partial charge is 0.355 e. The standard InChI is InChI=1S/C13H12IN5O6S.C11H10Cl2F2N4O3S.C11H8ClNO3/c1-6-15-11(18-13(16-6)25-2)17-12(22)19-26(23,24)9-5-7(14)3-4-8(9)10(20)21;1-5-16-19(11(20)18(5)10(14)15)9-4-8(17-23(2,21)22)6(12)3-7(9)13;12-8-3-4-9(16-6-10(14)15)11-7(8)2-1-5-13-11/h3-5H,1-2H3,(H,20,21)(H2,15,16,17,18,19,22);3-4,10,17H,1-2H3;1-5H,6H2,(H,14,15). The molecular weight excluding hydrogens is 1090 g/mol. The average molecular weight is 1120 g/mol. The molecule has 6 aromatic rings. The number of carbonyl (C=O) groups is 3. The molecule has 0 aliphatic rings. The molecule has 0 saturated heterocycles. The Morgan fingerprint density at radius 3 is 2.23 bits per heavy atom. The van der Waals surface area contributed by atoms with E-state index in [1.54, 1.807) is 35.2 Å². The summed E-state index contributed by atoms with van der Waals surface area (Å²) < 4.78 is 88.2. The van der Waals surface area contributed by atoms with E-state index in [9.17, 15) is 44.8 Å². The lowest BCUT2D eigenvalue weighted by molar-refractivity contribution is -0.139. The van der Waals surface area contributed by atoms with Gasteiger partial charge < -0.3 is 19.7 Å². The Hall–Kier alpha value is -6.01. The number of aryl methyl sites for hydroxylation is 2. The molecule has 0 bridgehead atoms. The van der Waals surface area contributed by atoms with Crippen LogP contribution in [0.3, 0.4) is 0 Å². The highest BCUT2D eigenvalue weighted by molar-refractivity contribution is 14.1. The van der Waals surface area contributed by atoms with Crippen LogP contribution in [0.25, 0.3) is 16.6 Å². The van der Waals surface area contributed by atoms with Gasteiger partial charge in [0.15, 0.2) is 6.61 Å². The number of carboxylic acid groups (broad SMARTS) is 2. The maximum atomic E-state index is 12.8. The lowest BCUT2D eigenvalue weighted by Crippen LogP contribution is -2.35. The van der Waals surface area contributed by atoms with Crippen LogP contribution >= 0.6 is 57.4 Å². The van der Waals surface area contributed by atoms with Gasteiger partial charge in [-0.3, -0.25) is 15.0 Å². The van der Waals surface area contributed by atoms with Crippen LogP contribution in [0.1, 0.15) is 28.6 Å². The second-order valence-electron chi connectivity index (χ2n) is 12.4. The van der Waals surface area contributed by atoms with Crippen molar-refractivity contribution < 1.29 is 59.7 Å². The predicted molar refractivity (Wildman–Crippen MR) is 239 cm³/mol. The number of hydrogen-bond donors (Lipinski definition) is 5. The quantitative estimate of drug-likeness (QED) is 0.0909. The van der Waals surface area contributed by atoms with E-state index in [1.165, 1.54) is 33.1 Å². The zero-order valence-corrected chi connectivity index (χ0v) is 39.3. The van der Waals surface area contributed by atoms with Gasteiger partial charge in [-0.2, -0.15) is 28.4 Å². The summed E-state index contributed by atoms with van der Waals surface area (Å²) in [6.45, 7) is -0.720. The number of nitrogens with zero attached hydrogens (tertiary/aromatic N) is 7. The molecule has 0 unspecified atom stereocenters. The van der Waals surface area contributed by atoms with Crippen molar-refractivity contribution in [2.45, 2.75) is 25.3 Å². The summed E-state index contributed by atoms with van der Waals surface area (Å²) >= 11 is 19.6. The Balaban J connectivity index is 0.000000219. The van der Waals surface area contributed by atoms with Crippen molar-refractivity contribution in [1.29, 1.82) is 0 Å². The van der Waals surface area contributed by atoms with Crippen LogP contribution in [0.5, 0.6) is 11.8 Å². The summed E-state index contributed by atoms with van der Waals surface area (Å²) in [6, 6.07) is 11.6. The van der Waals surface area contributed by atoms with Crippen molar-refractivity contribution >= 4 is 118 Å². The van der Waals surface area contributed by atoms with E-state index >= 15 is 0 Å². The number of aromatic nitrogens is 7. The second-order valence-corrected chi connectivity index (χ2v) is 18.2.